The van der Waals surface area contributed by atoms with Gasteiger partial charge in [-0.05, 0) is 150 Å². The van der Waals surface area contributed by atoms with Gasteiger partial charge in [-0.3, -0.25) is 37.6 Å². The number of hydrogen-bond acceptors (Lipinski definition) is 30. The van der Waals surface area contributed by atoms with Gasteiger partial charge in [0.15, 0.2) is 9.84 Å². The number of hydrogen-bond donors (Lipinski definition) is 13. The number of sulfonamides is 2. The molecule has 764 valence electrons. The zero-order valence-electron chi connectivity index (χ0n) is 78.8. The van der Waals surface area contributed by atoms with Crippen molar-refractivity contribution in [3.8, 4) is 5.75 Å². The molecule has 4 aliphatic heterocycles. The first-order chi connectivity index (χ1) is 68.8. The molecule has 12 aromatic rings. The number of ether oxygens (including phenoxy) is 1. The zero-order chi connectivity index (χ0) is 104. The number of rotatable bonds is 29. The molecule has 1 aliphatic carbocycles. The van der Waals surface area contributed by atoms with Gasteiger partial charge in [0.2, 0.25) is 55.6 Å². The van der Waals surface area contributed by atoms with Crippen LogP contribution in [0.4, 0.5) is 143 Å². The lowest BCUT2D eigenvalue weighted by Gasteiger charge is -2.39. The Morgan fingerprint density at radius 3 is 1.59 bits per heavy atom. The lowest BCUT2D eigenvalue weighted by molar-refractivity contribution is -0.138. The third kappa shape index (κ3) is 27.6. The average molecular weight is 2080 g/mol. The van der Waals surface area contributed by atoms with E-state index in [-0.39, 0.29) is 91.3 Å². The molecule has 0 unspecified atom stereocenters. The molecule has 7 aromatic carbocycles. The standard InChI is InChI=1S/C31H39ClN6O3.C22H21F3N6O3S.C22H20F3N5O3S.C21H20F3N7O3S/c1-33-31(40)24-7-3-4-9-26(24)35-28-19-29(34-20-25(28)32)36-27-11-10-21-18-22(6-5-8-23(21)30(27)41-2)38-14-12-37(13-15-38)16-17-39;1-31(35(2,33)34)18-6-4-3-5-14(18)11-26-20-16(22(23,24)25)12-27-21(30-20)28-15-8-7-13-9-19(32)29-17(13)10-15;1-34(32,33)16-4-2-3-13(9-16)11-26-20-17(22(23,24)25)12-27-21(30-20)28-15-7-5-14-6-8-19(31)29-18(14)10-15;1-31(35(2,33)34)19-13(4-3-7-25-19)10-26-18-15(21(22,23)24)11-27-20(30-18)28-14-6-5-12-8-17(32)29-16(12)9-14/h3-4,7,9-11,19-20,22,39H,5-6,8,12-18H2,1-2H3,(H,33,40)(H2,34,35,36);3-8,10,12H,9,11H2,1-2H3,(H,29,32)(H2,26,27,28,30);2-5,7,9-10,12H,6,8,11H2,1H3,(H,29,31)(H2,26,27,28,30);3-7,9,11H,8,10H2,1-2H3,(H,29,32)(H2,26,27,28,30)/t22-;;;/m0.../s1. The number of aliphatic hydroxyl groups excluding tert-OH is 1. The number of alkyl halides is 9. The van der Waals surface area contributed by atoms with Crippen molar-refractivity contribution >= 4 is 169 Å². The normalized spacial score (nSPS) is 14.6. The molecule has 0 spiro atoms. The van der Waals surface area contributed by atoms with E-state index in [9.17, 15) is 89.1 Å². The Morgan fingerprint density at radius 1 is 0.524 bits per heavy atom. The van der Waals surface area contributed by atoms with E-state index < -0.39 is 82.6 Å². The van der Waals surface area contributed by atoms with Gasteiger partial charge in [0.1, 0.15) is 51.5 Å². The van der Waals surface area contributed by atoms with Gasteiger partial charge in [-0.25, -0.2) is 50.2 Å². The zero-order valence-corrected chi connectivity index (χ0v) is 82.0. The number of aryl methyl sites for hydroxylation is 1. The van der Waals surface area contributed by atoms with E-state index in [4.69, 9.17) is 16.3 Å². The molecule has 0 saturated carbocycles. The Kier molecular flexibility index (Phi) is 33.2. The number of benzene rings is 7. The summed E-state index contributed by atoms with van der Waals surface area (Å²) in [4.78, 5) is 84.0. The molecule has 4 amide bonds. The molecule has 9 heterocycles. The van der Waals surface area contributed by atoms with Gasteiger partial charge in [-0.1, -0.05) is 84.4 Å². The summed E-state index contributed by atoms with van der Waals surface area (Å²) in [5.74, 6) is -0.751. The van der Waals surface area contributed by atoms with Crippen molar-refractivity contribution in [2.75, 3.05) is 153 Å². The van der Waals surface area contributed by atoms with Crippen molar-refractivity contribution in [3.05, 3.63) is 260 Å². The highest BCUT2D eigenvalue weighted by atomic mass is 35.5. The molecular formula is C96H100ClF9N24O12S3. The Morgan fingerprint density at radius 2 is 1.04 bits per heavy atom. The van der Waals surface area contributed by atoms with Gasteiger partial charge in [-0.2, -0.15) is 54.5 Å². The molecule has 1 fully saturated rings. The number of nitrogens with zero attached hydrogens (tertiary/aromatic N) is 12. The Bertz CT molecular complexity index is 6990. The maximum Gasteiger partial charge on any atom is 0.421 e. The molecule has 17 rings (SSSR count). The molecule has 5 aliphatic rings. The van der Waals surface area contributed by atoms with Crippen LogP contribution in [0.25, 0.3) is 0 Å². The molecular weight excluding hydrogens is 1980 g/mol. The van der Waals surface area contributed by atoms with Gasteiger partial charge in [0.25, 0.3) is 5.91 Å². The number of aromatic nitrogens is 8. The van der Waals surface area contributed by atoms with Crippen LogP contribution in [0.2, 0.25) is 5.02 Å². The van der Waals surface area contributed by atoms with E-state index >= 15 is 0 Å². The second kappa shape index (κ2) is 45.4. The van der Waals surface area contributed by atoms with Crippen LogP contribution in [0.1, 0.15) is 90.8 Å². The van der Waals surface area contributed by atoms with E-state index in [0.29, 0.717) is 122 Å². The number of anilines is 18. The second-order valence-electron chi connectivity index (χ2n) is 34.0. The van der Waals surface area contributed by atoms with Crippen molar-refractivity contribution in [1.82, 2.24) is 55.0 Å². The first-order valence-corrected chi connectivity index (χ1v) is 50.9. The van der Waals surface area contributed by atoms with Gasteiger partial charge < -0.3 is 73.6 Å². The van der Waals surface area contributed by atoms with Gasteiger partial charge >= 0.3 is 18.5 Å². The van der Waals surface area contributed by atoms with E-state index in [1.807, 2.05) is 30.3 Å². The maximum atomic E-state index is 13.6. The molecule has 5 aromatic heterocycles. The van der Waals surface area contributed by atoms with Crippen molar-refractivity contribution < 1.29 is 93.8 Å². The largest absolute Gasteiger partial charge is 0.494 e. The van der Waals surface area contributed by atoms with Gasteiger partial charge in [-0.15, -0.1) is 0 Å². The number of piperazine rings is 1. The lowest BCUT2D eigenvalue weighted by atomic mass is 9.98. The minimum atomic E-state index is -4.74. The number of carbonyl (C=O) groups excluding carboxylic acids is 4. The topological polar surface area (TPSA) is 461 Å². The fraction of sp³-hybridized carbons (Fsp3) is 0.292. The van der Waals surface area contributed by atoms with Crippen molar-refractivity contribution in [1.29, 1.82) is 0 Å². The van der Waals surface area contributed by atoms with Crippen LogP contribution in [-0.2, 0) is 115 Å². The predicted octanol–water partition coefficient (Wildman–Crippen LogP) is 15.5. The van der Waals surface area contributed by atoms with Crippen LogP contribution in [0, 0.1) is 0 Å². The predicted molar refractivity (Wildman–Crippen MR) is 535 cm³/mol. The molecule has 1 atom stereocenters. The van der Waals surface area contributed by atoms with Gasteiger partial charge in [0, 0.05) is 163 Å². The number of fused-ring (bicyclic) bond motifs is 4. The summed E-state index contributed by atoms with van der Waals surface area (Å²) < 4.78 is 201. The van der Waals surface area contributed by atoms with Crippen molar-refractivity contribution in [2.24, 2.45) is 0 Å². The summed E-state index contributed by atoms with van der Waals surface area (Å²) in [5, 5.41) is 43.7. The van der Waals surface area contributed by atoms with Crippen molar-refractivity contribution in [2.45, 2.75) is 100 Å². The summed E-state index contributed by atoms with van der Waals surface area (Å²) in [6.07, 6.45) is -0.371. The van der Waals surface area contributed by atoms with E-state index in [1.165, 1.54) is 49.6 Å². The molecule has 49 heteroatoms. The molecule has 1 saturated heterocycles. The van der Waals surface area contributed by atoms with E-state index in [1.54, 1.807) is 117 Å². The summed E-state index contributed by atoms with van der Waals surface area (Å²) in [7, 11) is -4.69. The number of nitrogens with one attached hydrogen (secondary N) is 12. The number of amides is 4. The maximum absolute atomic E-state index is 13.6. The number of halogens is 10. The number of carbonyl (C=O) groups is 4. The van der Waals surface area contributed by atoms with E-state index in [0.717, 1.165) is 114 Å². The first-order valence-electron chi connectivity index (χ1n) is 44.9. The lowest BCUT2D eigenvalue weighted by Crippen LogP contribution is -2.51. The number of para-hydroxylation sites is 2. The second-order valence-corrected chi connectivity index (χ2v) is 40.4. The quantitative estimate of drug-likeness (QED) is 0.0153. The molecule has 0 radical (unpaired) electrons. The summed E-state index contributed by atoms with van der Waals surface area (Å²) in [6, 6.07) is 44.6. The molecule has 13 N–H and O–H groups in total. The number of pyridine rings is 2. The monoisotopic (exact) mass is 2080 g/mol. The molecule has 36 nitrogen and oxygen atoms in total. The fourth-order valence-electron chi connectivity index (χ4n) is 16.3. The van der Waals surface area contributed by atoms with E-state index in [2.05, 4.69) is 126 Å². The first kappa shape index (κ1) is 106. The number of aliphatic hydroxyl groups is 1. The number of sulfone groups is 1. The van der Waals surface area contributed by atoms with Crippen LogP contribution >= 0.6 is 11.6 Å². The minimum Gasteiger partial charge on any atom is -0.494 e. The number of methoxy groups -OCH3 is 1. The number of β-amino-alcohol motifs (C(OH)–C–C–N with tert-alkyl or cyclic N) is 1. The SMILES string of the molecule is CN(c1ccccc1CNc1nc(Nc2ccc3c(c2)NC(=O)C3)ncc1C(F)(F)F)S(C)(=O)=O.CN(c1ncccc1CNc1nc(Nc2ccc3c(c2)NC(=O)C3)ncc1C(F)(F)F)S(C)(=O)=O.CNC(=O)c1ccccc1Nc1cc(Nc2ccc3c(c2OC)CCC[C@H](N2CCN(CCO)CC2)C3)ncc1Cl.CS(=O)(=O)c1cccc(CNc2nc(Nc3ccc4c(c3)NC(=O)CC4)ncc2C(F)(F)F)c1. The van der Waals surface area contributed by atoms with Crippen LogP contribution in [0.15, 0.2) is 194 Å². The smallest absolute Gasteiger partial charge is 0.421 e. The Balaban J connectivity index is 0.000000153. The third-order valence-corrected chi connectivity index (χ3v) is 27.6. The highest BCUT2D eigenvalue weighted by molar-refractivity contribution is 7.92. The third-order valence-electron chi connectivity index (χ3n) is 23.8. The average Bonchev–Trinajstić information content (AvgIpc) is 1.79. The fourth-order valence-corrected chi connectivity index (χ4v) is 18.2. The van der Waals surface area contributed by atoms with Crippen LogP contribution in [0.5, 0.6) is 5.75 Å². The summed E-state index contributed by atoms with van der Waals surface area (Å²) >= 11 is 6.49. The van der Waals surface area contributed by atoms with Crippen LogP contribution in [-0.4, -0.2) is 196 Å². The highest BCUT2D eigenvalue weighted by Gasteiger charge is 2.39. The highest BCUT2D eigenvalue weighted by Crippen LogP contribution is 2.43. The van der Waals surface area contributed by atoms with Crippen LogP contribution in [0.3, 0.4) is 0 Å². The summed E-state index contributed by atoms with van der Waals surface area (Å²) in [6.45, 7) is 4.70. The van der Waals surface area contributed by atoms with Crippen LogP contribution < -0.4 is 77.1 Å². The Hall–Kier alpha value is -14.9. The van der Waals surface area contributed by atoms with Crippen molar-refractivity contribution in [3.63, 3.8) is 0 Å². The summed E-state index contributed by atoms with van der Waals surface area (Å²) in [5.41, 5.74) is 9.48. The Labute approximate surface area is 833 Å². The molecule has 0 bridgehead atoms. The minimum absolute atomic E-state index is 0.0624. The molecule has 145 heavy (non-hydrogen) atoms. The van der Waals surface area contributed by atoms with Gasteiger partial charge in [0.05, 0.1) is 83.5 Å².